The highest BCUT2D eigenvalue weighted by Gasteiger charge is 2.33. The number of rotatable bonds is 6. The second-order valence-corrected chi connectivity index (χ2v) is 7.69. The molecule has 0 saturated carbocycles. The van der Waals surface area contributed by atoms with E-state index in [-0.39, 0.29) is 30.8 Å². The molecule has 4 rings (SSSR count). The van der Waals surface area contributed by atoms with Crippen LogP contribution in [0, 0.1) is 0 Å². The number of anilines is 1. The fourth-order valence-corrected chi connectivity index (χ4v) is 3.96. The Morgan fingerprint density at radius 1 is 1.00 bits per heavy atom. The third kappa shape index (κ3) is 4.58. The van der Waals surface area contributed by atoms with Crippen LogP contribution < -0.4 is 10.6 Å². The lowest BCUT2D eigenvalue weighted by atomic mass is 10.0. The second-order valence-electron chi connectivity index (χ2n) is 7.69. The Morgan fingerprint density at radius 2 is 1.81 bits per heavy atom. The number of carbonyl (C=O) groups excluding carboxylic acids is 4. The highest BCUT2D eigenvalue weighted by molar-refractivity contribution is 6.02. The topological polar surface area (TPSA) is 98.8 Å². The zero-order valence-electron chi connectivity index (χ0n) is 17.0. The molecule has 2 aliphatic rings. The minimum Gasteiger partial charge on any atom is -0.329 e. The van der Waals surface area contributed by atoms with Crippen LogP contribution in [-0.2, 0) is 20.9 Å². The van der Waals surface area contributed by atoms with Gasteiger partial charge in [0.2, 0.25) is 11.8 Å². The average Bonchev–Trinajstić information content (AvgIpc) is 3.08. The first-order chi connectivity index (χ1) is 15.0. The van der Waals surface area contributed by atoms with Crippen molar-refractivity contribution in [3.05, 3.63) is 65.7 Å². The van der Waals surface area contributed by atoms with E-state index in [0.29, 0.717) is 24.2 Å². The van der Waals surface area contributed by atoms with Crippen molar-refractivity contribution in [3.8, 4) is 0 Å². The van der Waals surface area contributed by atoms with E-state index in [2.05, 4.69) is 10.6 Å². The number of nitrogens with one attached hydrogen (secondary N) is 2. The van der Waals surface area contributed by atoms with Crippen LogP contribution in [-0.4, -0.2) is 46.6 Å². The van der Waals surface area contributed by atoms with E-state index in [4.69, 9.17) is 0 Å². The molecular formula is C23H24N4O4. The van der Waals surface area contributed by atoms with Crippen molar-refractivity contribution in [1.29, 1.82) is 0 Å². The number of imide groups is 1. The van der Waals surface area contributed by atoms with Crippen molar-refractivity contribution in [1.82, 2.24) is 15.1 Å². The van der Waals surface area contributed by atoms with Gasteiger partial charge in [0.15, 0.2) is 0 Å². The van der Waals surface area contributed by atoms with Crippen molar-refractivity contribution in [2.24, 2.45) is 0 Å². The van der Waals surface area contributed by atoms with E-state index < -0.39 is 12.1 Å². The summed E-state index contributed by atoms with van der Waals surface area (Å²) in [6, 6.07) is 15.1. The number of amides is 5. The van der Waals surface area contributed by atoms with Gasteiger partial charge in [0.25, 0.3) is 5.91 Å². The van der Waals surface area contributed by atoms with Gasteiger partial charge in [-0.05, 0) is 36.1 Å². The SMILES string of the molecule is O=C(Nc1cccc(CN2C(=O)CNC2=O)c1)C(c1ccccc1)N1CCCCC1=O. The van der Waals surface area contributed by atoms with Crippen LogP contribution in [0.3, 0.4) is 0 Å². The smallest absolute Gasteiger partial charge is 0.324 e. The number of urea groups is 1. The molecule has 2 heterocycles. The highest BCUT2D eigenvalue weighted by atomic mass is 16.2. The van der Waals surface area contributed by atoms with Gasteiger partial charge in [-0.1, -0.05) is 42.5 Å². The first-order valence-corrected chi connectivity index (χ1v) is 10.4. The summed E-state index contributed by atoms with van der Waals surface area (Å²) >= 11 is 0. The number of piperidine rings is 1. The highest BCUT2D eigenvalue weighted by Crippen LogP contribution is 2.27. The third-order valence-electron chi connectivity index (χ3n) is 5.51. The van der Waals surface area contributed by atoms with Crippen LogP contribution in [0.2, 0.25) is 0 Å². The maximum atomic E-state index is 13.3. The van der Waals surface area contributed by atoms with Crippen LogP contribution in [0.4, 0.5) is 10.5 Å². The van der Waals surface area contributed by atoms with E-state index in [1.165, 1.54) is 0 Å². The Morgan fingerprint density at radius 3 is 2.52 bits per heavy atom. The van der Waals surface area contributed by atoms with Crippen molar-refractivity contribution >= 4 is 29.4 Å². The van der Waals surface area contributed by atoms with Crippen LogP contribution >= 0.6 is 0 Å². The van der Waals surface area contributed by atoms with Gasteiger partial charge in [-0.15, -0.1) is 0 Å². The Hall–Kier alpha value is -3.68. The molecule has 2 saturated heterocycles. The molecule has 2 fully saturated rings. The molecule has 160 valence electrons. The summed E-state index contributed by atoms with van der Waals surface area (Å²) in [6.45, 7) is 0.664. The molecule has 31 heavy (non-hydrogen) atoms. The zero-order valence-corrected chi connectivity index (χ0v) is 17.0. The monoisotopic (exact) mass is 420 g/mol. The summed E-state index contributed by atoms with van der Waals surface area (Å²) in [5, 5.41) is 5.40. The molecule has 5 amide bonds. The molecule has 0 spiro atoms. The van der Waals surface area contributed by atoms with E-state index in [0.717, 1.165) is 23.3 Å². The number of hydrogen-bond donors (Lipinski definition) is 2. The normalized spacial score (nSPS) is 17.5. The largest absolute Gasteiger partial charge is 0.329 e. The number of nitrogens with zero attached hydrogens (tertiary/aromatic N) is 2. The zero-order chi connectivity index (χ0) is 21.8. The van der Waals surface area contributed by atoms with Crippen LogP contribution in [0.15, 0.2) is 54.6 Å². The number of carbonyl (C=O) groups is 4. The minimum absolute atomic E-state index is 0.00210. The van der Waals surface area contributed by atoms with Gasteiger partial charge in [0.05, 0.1) is 13.1 Å². The van der Waals surface area contributed by atoms with Gasteiger partial charge in [0.1, 0.15) is 6.04 Å². The van der Waals surface area contributed by atoms with Gasteiger partial charge in [0, 0.05) is 18.7 Å². The van der Waals surface area contributed by atoms with E-state index in [1.807, 2.05) is 30.3 Å². The lowest BCUT2D eigenvalue weighted by Gasteiger charge is -2.34. The Bertz CT molecular complexity index is 992. The molecule has 2 aliphatic heterocycles. The molecule has 2 aromatic carbocycles. The molecule has 0 aliphatic carbocycles. The number of hydrogen-bond acceptors (Lipinski definition) is 4. The quantitative estimate of drug-likeness (QED) is 0.701. The van der Waals surface area contributed by atoms with E-state index >= 15 is 0 Å². The summed E-state index contributed by atoms with van der Waals surface area (Å²) in [5.41, 5.74) is 2.01. The molecule has 0 radical (unpaired) electrons. The molecule has 2 aromatic rings. The van der Waals surface area contributed by atoms with Gasteiger partial charge in [-0.3, -0.25) is 19.3 Å². The average molecular weight is 420 g/mol. The van der Waals surface area contributed by atoms with Crippen LogP contribution in [0.1, 0.15) is 36.4 Å². The fraction of sp³-hybridized carbons (Fsp3) is 0.304. The second kappa shape index (κ2) is 8.99. The summed E-state index contributed by atoms with van der Waals surface area (Å²) < 4.78 is 0. The molecule has 2 N–H and O–H groups in total. The lowest BCUT2D eigenvalue weighted by Crippen LogP contribution is -2.43. The fourth-order valence-electron chi connectivity index (χ4n) is 3.96. The summed E-state index contributed by atoms with van der Waals surface area (Å²) in [5.74, 6) is -0.608. The molecule has 8 nitrogen and oxygen atoms in total. The van der Waals surface area contributed by atoms with Gasteiger partial charge in [-0.25, -0.2) is 4.79 Å². The minimum atomic E-state index is -0.719. The van der Waals surface area contributed by atoms with Crippen molar-refractivity contribution < 1.29 is 19.2 Å². The summed E-state index contributed by atoms with van der Waals surface area (Å²) in [6.07, 6.45) is 2.14. The van der Waals surface area contributed by atoms with Crippen LogP contribution in [0.25, 0.3) is 0 Å². The standard InChI is InChI=1S/C23H24N4O4/c28-19-11-4-5-12-26(19)21(17-8-2-1-3-9-17)22(30)25-18-10-6-7-16(13-18)15-27-20(29)14-24-23(27)31/h1-3,6-10,13,21H,4-5,11-12,14-15H2,(H,24,31)(H,25,30). The Labute approximate surface area is 180 Å². The predicted octanol–water partition coefficient (Wildman–Crippen LogP) is 2.43. The molecule has 0 aromatic heterocycles. The van der Waals surface area contributed by atoms with Crippen molar-refractivity contribution in [3.63, 3.8) is 0 Å². The van der Waals surface area contributed by atoms with E-state index in [9.17, 15) is 19.2 Å². The maximum Gasteiger partial charge on any atom is 0.324 e. The van der Waals surface area contributed by atoms with Crippen molar-refractivity contribution in [2.75, 3.05) is 18.4 Å². The first kappa shape index (κ1) is 20.6. The van der Waals surface area contributed by atoms with Crippen LogP contribution in [0.5, 0.6) is 0 Å². The predicted molar refractivity (Wildman–Crippen MR) is 114 cm³/mol. The Balaban J connectivity index is 1.54. The van der Waals surface area contributed by atoms with Gasteiger partial charge >= 0.3 is 6.03 Å². The molecule has 0 bridgehead atoms. The van der Waals surface area contributed by atoms with Gasteiger partial charge in [-0.2, -0.15) is 0 Å². The number of likely N-dealkylation sites (tertiary alicyclic amines) is 1. The molecule has 8 heteroatoms. The molecule has 1 atom stereocenters. The summed E-state index contributed by atoms with van der Waals surface area (Å²) in [4.78, 5) is 52.2. The third-order valence-corrected chi connectivity index (χ3v) is 5.51. The first-order valence-electron chi connectivity index (χ1n) is 10.4. The van der Waals surface area contributed by atoms with Crippen molar-refractivity contribution in [2.45, 2.75) is 31.8 Å². The van der Waals surface area contributed by atoms with Gasteiger partial charge < -0.3 is 15.5 Å². The van der Waals surface area contributed by atoms with E-state index in [1.54, 1.807) is 29.2 Å². The molecular weight excluding hydrogens is 396 g/mol. The maximum absolute atomic E-state index is 13.3. The molecule has 1 unspecified atom stereocenters. The lowest BCUT2D eigenvalue weighted by molar-refractivity contribution is -0.141. The Kier molecular flexibility index (Phi) is 5.97. The number of benzene rings is 2. The summed E-state index contributed by atoms with van der Waals surface area (Å²) in [7, 11) is 0.